The predicted octanol–water partition coefficient (Wildman–Crippen LogP) is 0.271. The molecule has 0 aromatic rings. The molecular formula is C25H41NO7. The molecule has 5 aliphatic carbocycles. The van der Waals surface area contributed by atoms with E-state index in [1.165, 1.54) is 0 Å². The molecule has 6 aliphatic rings. The Morgan fingerprint density at radius 3 is 2.36 bits per heavy atom. The maximum Gasteiger partial charge on any atom is 0.136 e. The molecule has 1 saturated heterocycles. The molecule has 188 valence electrons. The molecule has 1 aliphatic heterocycles. The first-order valence-corrected chi connectivity index (χ1v) is 12.7. The summed E-state index contributed by atoms with van der Waals surface area (Å²) in [6.45, 7) is 3.59. The lowest BCUT2D eigenvalue weighted by Gasteiger charge is -2.70. The summed E-state index contributed by atoms with van der Waals surface area (Å²) in [5, 5.41) is 36.6. The van der Waals surface area contributed by atoms with E-state index < -0.39 is 28.1 Å². The number of hydrogen-bond donors (Lipinski definition) is 3. The first kappa shape index (κ1) is 23.1. The minimum Gasteiger partial charge on any atom is -0.396 e. The predicted molar refractivity (Wildman–Crippen MR) is 119 cm³/mol. The molecule has 0 aromatic heterocycles. The average Bonchev–Trinajstić information content (AvgIpc) is 3.24. The van der Waals surface area contributed by atoms with Crippen LogP contribution < -0.4 is 0 Å². The molecule has 0 amide bonds. The molecule has 0 aromatic carbocycles. The van der Waals surface area contributed by atoms with Crippen LogP contribution in [0.15, 0.2) is 0 Å². The van der Waals surface area contributed by atoms with Crippen LogP contribution in [0.3, 0.4) is 0 Å². The third-order valence-electron chi connectivity index (χ3n) is 11.6. The van der Waals surface area contributed by atoms with E-state index in [1.54, 1.807) is 28.4 Å². The largest absolute Gasteiger partial charge is 0.396 e. The van der Waals surface area contributed by atoms with E-state index in [0.717, 1.165) is 25.8 Å². The van der Waals surface area contributed by atoms with Crippen molar-refractivity contribution in [2.45, 2.75) is 74.3 Å². The quantitative estimate of drug-likeness (QED) is 0.512. The van der Waals surface area contributed by atoms with Gasteiger partial charge >= 0.3 is 0 Å². The number of fused-ring (bicyclic) bond motifs is 2. The van der Waals surface area contributed by atoms with Gasteiger partial charge in [-0.05, 0) is 31.7 Å². The topological polar surface area (TPSA) is 101 Å². The second kappa shape index (κ2) is 7.13. The molecule has 6 fully saturated rings. The van der Waals surface area contributed by atoms with Gasteiger partial charge in [0.05, 0.1) is 37.1 Å². The fourth-order valence-electron chi connectivity index (χ4n) is 11.0. The normalized spacial score (nSPS) is 60.9. The number of hydrogen-bond acceptors (Lipinski definition) is 8. The standard InChI is InChI=1S/C25H41NO7/c1-6-26-11-22(12-27)8-7-16(31-3)24-14-9-13-15(30-2)10-23(28,17(14)18(13)32-4)25(29,21(24)26)20(33-5)19(22)24/h13-21,27-29H,6-12H2,1-5H3/t13-,14-,15+,16+,17-,18+,19-,20+,21+,22+,23-,24?,25+/m1/s1. The molecule has 13 atom stereocenters. The lowest BCUT2D eigenvalue weighted by atomic mass is 9.42. The fraction of sp³-hybridized carbons (Fsp3) is 1.00. The van der Waals surface area contributed by atoms with Gasteiger partial charge in [0, 0.05) is 70.0 Å². The van der Waals surface area contributed by atoms with Crippen LogP contribution in [0.1, 0.15) is 32.6 Å². The molecule has 7 bridgehead atoms. The van der Waals surface area contributed by atoms with Gasteiger partial charge in [-0.25, -0.2) is 0 Å². The van der Waals surface area contributed by atoms with E-state index in [1.807, 2.05) is 0 Å². The maximum absolute atomic E-state index is 13.0. The summed E-state index contributed by atoms with van der Waals surface area (Å²) in [4.78, 5) is 2.33. The third kappa shape index (κ3) is 2.16. The van der Waals surface area contributed by atoms with Gasteiger partial charge in [0.15, 0.2) is 0 Å². The number of ether oxygens (including phenoxy) is 4. The highest BCUT2D eigenvalue weighted by Crippen LogP contribution is 2.80. The zero-order valence-electron chi connectivity index (χ0n) is 20.6. The van der Waals surface area contributed by atoms with Gasteiger partial charge in [0.25, 0.3) is 0 Å². The van der Waals surface area contributed by atoms with Crippen molar-refractivity contribution < 1.29 is 34.3 Å². The number of rotatable bonds is 6. The van der Waals surface area contributed by atoms with E-state index >= 15 is 0 Å². The van der Waals surface area contributed by atoms with Gasteiger partial charge < -0.3 is 34.3 Å². The monoisotopic (exact) mass is 467 g/mol. The number of likely N-dealkylation sites (tertiary alicyclic amines) is 1. The van der Waals surface area contributed by atoms with Crippen molar-refractivity contribution in [2.24, 2.45) is 34.5 Å². The number of likely N-dealkylation sites (N-methyl/N-ethyl adjacent to an activating group) is 1. The highest BCUT2D eigenvalue weighted by Gasteiger charge is 2.91. The lowest BCUT2D eigenvalue weighted by Crippen LogP contribution is -2.82. The Hall–Kier alpha value is -0.320. The van der Waals surface area contributed by atoms with E-state index in [9.17, 15) is 15.3 Å². The summed E-state index contributed by atoms with van der Waals surface area (Å²) in [5.41, 5.74) is -3.78. The van der Waals surface area contributed by atoms with Crippen LogP contribution in [0.4, 0.5) is 0 Å². The first-order valence-electron chi connectivity index (χ1n) is 12.7. The Labute approximate surface area is 196 Å². The van der Waals surface area contributed by atoms with Crippen LogP contribution in [0, 0.1) is 34.5 Å². The van der Waals surface area contributed by atoms with Crippen LogP contribution in [-0.2, 0) is 18.9 Å². The second-order valence-electron chi connectivity index (χ2n) is 11.8. The summed E-state index contributed by atoms with van der Waals surface area (Å²) in [5.74, 6) is -0.0916. The van der Waals surface area contributed by atoms with Crippen molar-refractivity contribution in [1.29, 1.82) is 0 Å². The van der Waals surface area contributed by atoms with E-state index in [2.05, 4.69) is 11.8 Å². The number of nitrogens with zero attached hydrogens (tertiary/aromatic N) is 1. The Balaban J connectivity index is 1.68. The van der Waals surface area contributed by atoms with E-state index in [0.29, 0.717) is 13.0 Å². The summed E-state index contributed by atoms with van der Waals surface area (Å²) in [6.07, 6.45) is 1.81. The van der Waals surface area contributed by atoms with Crippen LogP contribution in [0.5, 0.6) is 0 Å². The van der Waals surface area contributed by atoms with Crippen molar-refractivity contribution in [1.82, 2.24) is 4.90 Å². The molecule has 3 N–H and O–H groups in total. The van der Waals surface area contributed by atoms with Crippen LogP contribution >= 0.6 is 0 Å². The molecule has 0 radical (unpaired) electrons. The highest BCUT2D eigenvalue weighted by molar-refractivity contribution is 5.41. The van der Waals surface area contributed by atoms with Crippen LogP contribution in [0.2, 0.25) is 0 Å². The van der Waals surface area contributed by atoms with Crippen LogP contribution in [0.25, 0.3) is 0 Å². The summed E-state index contributed by atoms with van der Waals surface area (Å²) in [7, 11) is 6.85. The molecule has 8 heteroatoms. The summed E-state index contributed by atoms with van der Waals surface area (Å²) in [6, 6.07) is -0.312. The lowest BCUT2D eigenvalue weighted by molar-refractivity contribution is -0.320. The van der Waals surface area contributed by atoms with Crippen LogP contribution in [-0.4, -0.2) is 110 Å². The summed E-state index contributed by atoms with van der Waals surface area (Å²) < 4.78 is 24.5. The number of aliphatic hydroxyl groups is 3. The van der Waals surface area contributed by atoms with Gasteiger partial charge in [-0.15, -0.1) is 0 Å². The van der Waals surface area contributed by atoms with Crippen molar-refractivity contribution >= 4 is 0 Å². The Morgan fingerprint density at radius 1 is 1.03 bits per heavy atom. The molecule has 33 heavy (non-hydrogen) atoms. The molecular weight excluding hydrogens is 426 g/mol. The minimum atomic E-state index is -1.52. The first-order chi connectivity index (χ1) is 15.8. The van der Waals surface area contributed by atoms with Gasteiger partial charge in [-0.1, -0.05) is 6.92 Å². The number of piperidine rings is 1. The molecule has 8 nitrogen and oxygen atoms in total. The van der Waals surface area contributed by atoms with E-state index in [-0.39, 0.29) is 54.6 Å². The zero-order valence-corrected chi connectivity index (χ0v) is 20.6. The van der Waals surface area contributed by atoms with Gasteiger partial charge in [0.1, 0.15) is 11.2 Å². The minimum absolute atomic E-state index is 0.0443. The Kier molecular flexibility index (Phi) is 4.99. The smallest absolute Gasteiger partial charge is 0.136 e. The average molecular weight is 468 g/mol. The molecule has 1 unspecified atom stereocenters. The zero-order chi connectivity index (χ0) is 23.6. The van der Waals surface area contributed by atoms with Gasteiger partial charge in [-0.3, -0.25) is 4.90 Å². The SMILES string of the molecule is CCN1C[C@]2(CO)CC[C@H](OC)C34[C@@H]5C[C@H]6[C@H](OC)[C@@H]5[C@](O)(C[C@@H]6OC)[C@](O)([C@@H](OC)[C@@H]32)[C@@H]14. The maximum atomic E-state index is 13.0. The molecule has 5 saturated carbocycles. The molecule has 1 spiro atoms. The highest BCUT2D eigenvalue weighted by atomic mass is 16.5. The van der Waals surface area contributed by atoms with E-state index in [4.69, 9.17) is 18.9 Å². The summed E-state index contributed by atoms with van der Waals surface area (Å²) >= 11 is 0. The Bertz CT molecular complexity index is 814. The van der Waals surface area contributed by atoms with Gasteiger partial charge in [-0.2, -0.15) is 0 Å². The third-order valence-corrected chi connectivity index (χ3v) is 11.6. The number of methoxy groups -OCH3 is 4. The molecule has 6 rings (SSSR count). The van der Waals surface area contributed by atoms with Gasteiger partial charge in [0.2, 0.25) is 0 Å². The van der Waals surface area contributed by atoms with Crippen molar-refractivity contribution in [2.75, 3.05) is 48.1 Å². The number of aliphatic hydroxyl groups excluding tert-OH is 1. The fourth-order valence-corrected chi connectivity index (χ4v) is 11.0. The Morgan fingerprint density at radius 2 is 1.79 bits per heavy atom. The van der Waals surface area contributed by atoms with Crippen molar-refractivity contribution in [3.8, 4) is 0 Å². The second-order valence-corrected chi connectivity index (χ2v) is 11.8. The van der Waals surface area contributed by atoms with Crippen molar-refractivity contribution in [3.63, 3.8) is 0 Å². The van der Waals surface area contributed by atoms with Crippen molar-refractivity contribution in [3.05, 3.63) is 0 Å². The molecule has 1 heterocycles.